The summed E-state index contributed by atoms with van der Waals surface area (Å²) >= 11 is 0. The number of likely N-dealkylation sites (tertiary alicyclic amines) is 1. The number of piperazine rings is 1. The van der Waals surface area contributed by atoms with Gasteiger partial charge in [-0.15, -0.1) is 0 Å². The molecule has 2 unspecified atom stereocenters. The molecule has 1 aromatic carbocycles. The van der Waals surface area contributed by atoms with Crippen LogP contribution >= 0.6 is 0 Å². The maximum Gasteiger partial charge on any atom is 0.417 e. The molecule has 0 spiro atoms. The molecule has 3 heterocycles. The number of imide groups is 1. The number of fused-ring (bicyclic) bond motifs is 5. The van der Waals surface area contributed by atoms with Crippen molar-refractivity contribution in [1.82, 2.24) is 9.80 Å². The smallest absolute Gasteiger partial charge is 0.335 e. The molecule has 0 aliphatic carbocycles. The predicted octanol–water partition coefficient (Wildman–Crippen LogP) is 2.11. The molecule has 0 N–H and O–H groups in total. The van der Waals surface area contributed by atoms with Crippen molar-refractivity contribution >= 4 is 23.5 Å². The van der Waals surface area contributed by atoms with Crippen LogP contribution in [0.1, 0.15) is 30.9 Å². The fraction of sp³-hybridized carbons (Fsp3) is 0.444. The van der Waals surface area contributed by atoms with E-state index in [0.29, 0.717) is 19.0 Å². The molecule has 0 saturated carbocycles. The maximum absolute atomic E-state index is 13.2. The Hall–Kier alpha value is -3.09. The first-order valence-corrected chi connectivity index (χ1v) is 8.76. The SMILES string of the molecule is CCC(=O)N1CC2CC1[C@@H]1C(=O)N(c3ccc(C#N)c(C(F)(F)F)c3)C(=O)N21. The van der Waals surface area contributed by atoms with Gasteiger partial charge in [0.15, 0.2) is 0 Å². The fourth-order valence-electron chi connectivity index (χ4n) is 4.39. The number of carbonyl (C=O) groups is 3. The van der Waals surface area contributed by atoms with E-state index in [0.717, 1.165) is 17.0 Å². The van der Waals surface area contributed by atoms with Crippen molar-refractivity contribution in [2.24, 2.45) is 0 Å². The number of urea groups is 1. The van der Waals surface area contributed by atoms with Crippen LogP contribution in [0.25, 0.3) is 0 Å². The van der Waals surface area contributed by atoms with Crippen LogP contribution in [-0.4, -0.2) is 52.3 Å². The number of hydrogen-bond acceptors (Lipinski definition) is 4. The Labute approximate surface area is 157 Å². The van der Waals surface area contributed by atoms with E-state index < -0.39 is 41.3 Å². The number of nitrogens with zero attached hydrogens (tertiary/aromatic N) is 4. The summed E-state index contributed by atoms with van der Waals surface area (Å²) in [4.78, 5) is 41.5. The Morgan fingerprint density at radius 3 is 2.64 bits per heavy atom. The van der Waals surface area contributed by atoms with Crippen molar-refractivity contribution in [1.29, 1.82) is 5.26 Å². The van der Waals surface area contributed by atoms with Crippen LogP contribution in [0.4, 0.5) is 23.7 Å². The van der Waals surface area contributed by atoms with Crippen molar-refractivity contribution in [3.05, 3.63) is 29.3 Å². The number of hydrogen-bond donors (Lipinski definition) is 0. The average Bonchev–Trinajstić information content (AvgIpc) is 3.31. The highest BCUT2D eigenvalue weighted by Gasteiger charge is 2.62. The van der Waals surface area contributed by atoms with Crippen LogP contribution in [-0.2, 0) is 15.8 Å². The summed E-state index contributed by atoms with van der Waals surface area (Å²) in [5.41, 5.74) is -2.02. The Bertz CT molecular complexity index is 939. The molecular formula is C18H15F3N4O3. The van der Waals surface area contributed by atoms with Gasteiger partial charge in [0.1, 0.15) is 6.04 Å². The van der Waals surface area contributed by atoms with Gasteiger partial charge in [-0.3, -0.25) is 9.59 Å². The van der Waals surface area contributed by atoms with Crippen LogP contribution < -0.4 is 4.90 Å². The van der Waals surface area contributed by atoms with E-state index in [4.69, 9.17) is 5.26 Å². The first-order valence-electron chi connectivity index (χ1n) is 8.76. The summed E-state index contributed by atoms with van der Waals surface area (Å²) in [6, 6.07) is 1.86. The lowest BCUT2D eigenvalue weighted by Gasteiger charge is -2.34. The van der Waals surface area contributed by atoms with Crippen LogP contribution in [0.2, 0.25) is 0 Å². The van der Waals surface area contributed by atoms with Gasteiger partial charge in [0.05, 0.1) is 35.0 Å². The Kier molecular flexibility index (Phi) is 3.89. The second-order valence-corrected chi connectivity index (χ2v) is 7.00. The number of alkyl halides is 3. The van der Waals surface area contributed by atoms with Gasteiger partial charge < -0.3 is 9.80 Å². The highest BCUT2D eigenvalue weighted by molar-refractivity contribution is 6.22. The van der Waals surface area contributed by atoms with Crippen molar-refractivity contribution in [2.45, 2.75) is 44.1 Å². The molecule has 1 aromatic rings. The van der Waals surface area contributed by atoms with Crippen molar-refractivity contribution < 1.29 is 27.6 Å². The van der Waals surface area contributed by atoms with E-state index in [1.807, 2.05) is 0 Å². The lowest BCUT2D eigenvalue weighted by atomic mass is 10.1. The molecule has 3 saturated heterocycles. The molecule has 3 fully saturated rings. The van der Waals surface area contributed by atoms with Crippen LogP contribution in [0.15, 0.2) is 18.2 Å². The zero-order valence-corrected chi connectivity index (χ0v) is 14.7. The summed E-state index contributed by atoms with van der Waals surface area (Å²) < 4.78 is 39.7. The quantitative estimate of drug-likeness (QED) is 0.722. The molecule has 4 rings (SSSR count). The van der Waals surface area contributed by atoms with Crippen molar-refractivity contribution in [3.63, 3.8) is 0 Å². The molecule has 0 radical (unpaired) electrons. The maximum atomic E-state index is 13.2. The minimum absolute atomic E-state index is 0.122. The Morgan fingerprint density at radius 2 is 2.04 bits per heavy atom. The van der Waals surface area contributed by atoms with E-state index in [2.05, 4.69) is 0 Å². The third-order valence-electron chi connectivity index (χ3n) is 5.57. The fourth-order valence-corrected chi connectivity index (χ4v) is 4.39. The normalized spacial score (nSPS) is 26.1. The second kappa shape index (κ2) is 5.95. The third kappa shape index (κ3) is 2.38. The molecule has 28 heavy (non-hydrogen) atoms. The van der Waals surface area contributed by atoms with E-state index in [1.54, 1.807) is 11.8 Å². The van der Waals surface area contributed by atoms with Crippen molar-refractivity contribution in [2.75, 3.05) is 11.4 Å². The van der Waals surface area contributed by atoms with Gasteiger partial charge in [0.25, 0.3) is 5.91 Å². The van der Waals surface area contributed by atoms with Crippen LogP contribution in [0, 0.1) is 11.3 Å². The highest BCUT2D eigenvalue weighted by atomic mass is 19.4. The first kappa shape index (κ1) is 18.3. The minimum atomic E-state index is -4.80. The summed E-state index contributed by atoms with van der Waals surface area (Å²) in [7, 11) is 0. The zero-order chi connectivity index (χ0) is 20.4. The number of rotatable bonds is 2. The predicted molar refractivity (Wildman–Crippen MR) is 88.9 cm³/mol. The van der Waals surface area contributed by atoms with Gasteiger partial charge in [-0.2, -0.15) is 18.4 Å². The number of halogens is 3. The molecule has 146 valence electrons. The average molecular weight is 392 g/mol. The lowest BCUT2D eigenvalue weighted by Crippen LogP contribution is -2.54. The summed E-state index contributed by atoms with van der Waals surface area (Å²) in [5, 5.41) is 8.91. The molecule has 7 nitrogen and oxygen atoms in total. The molecule has 2 bridgehead atoms. The largest absolute Gasteiger partial charge is 0.417 e. The molecule has 10 heteroatoms. The number of nitriles is 1. The standard InChI is InChI=1S/C18H15F3N4O3/c1-2-14(26)23-8-11-6-13(23)15-16(27)25(17(28)24(11)15)10-4-3-9(7-22)12(5-10)18(19,20)21/h3-5,11,13,15H,2,6,8H2,1H3/t11?,13?,15-/m1/s1. The van der Waals surface area contributed by atoms with Gasteiger partial charge in [-0.25, -0.2) is 9.69 Å². The number of anilines is 1. The van der Waals surface area contributed by atoms with E-state index in [1.165, 1.54) is 11.0 Å². The Morgan fingerprint density at radius 1 is 1.32 bits per heavy atom. The van der Waals surface area contributed by atoms with Gasteiger partial charge in [0.2, 0.25) is 5.91 Å². The molecule has 3 atom stereocenters. The first-order chi connectivity index (χ1) is 13.2. The topological polar surface area (TPSA) is 84.7 Å². The van der Waals surface area contributed by atoms with Crippen LogP contribution in [0.5, 0.6) is 0 Å². The summed E-state index contributed by atoms with van der Waals surface area (Å²) in [6.45, 7) is 2.03. The molecule has 3 aliphatic rings. The van der Waals surface area contributed by atoms with E-state index in [-0.39, 0.29) is 24.1 Å². The van der Waals surface area contributed by atoms with Crippen LogP contribution in [0.3, 0.4) is 0 Å². The molecule has 4 amide bonds. The van der Waals surface area contributed by atoms with E-state index >= 15 is 0 Å². The summed E-state index contributed by atoms with van der Waals surface area (Å²) in [5.74, 6) is -0.771. The second-order valence-electron chi connectivity index (χ2n) is 7.00. The van der Waals surface area contributed by atoms with Crippen molar-refractivity contribution in [3.8, 4) is 6.07 Å². The van der Waals surface area contributed by atoms with Gasteiger partial charge in [0, 0.05) is 13.0 Å². The number of carbonyl (C=O) groups excluding carboxylic acids is 3. The minimum Gasteiger partial charge on any atom is -0.335 e. The molecule has 3 aliphatic heterocycles. The highest BCUT2D eigenvalue weighted by Crippen LogP contribution is 2.43. The van der Waals surface area contributed by atoms with E-state index in [9.17, 15) is 27.6 Å². The molecular weight excluding hydrogens is 377 g/mol. The number of amides is 4. The summed E-state index contributed by atoms with van der Waals surface area (Å²) in [6.07, 6.45) is -4.04. The zero-order valence-electron chi connectivity index (χ0n) is 14.7. The monoisotopic (exact) mass is 392 g/mol. The van der Waals surface area contributed by atoms with Gasteiger partial charge >= 0.3 is 12.2 Å². The molecule has 0 aromatic heterocycles. The third-order valence-corrected chi connectivity index (χ3v) is 5.57. The Balaban J connectivity index is 1.71. The van der Waals surface area contributed by atoms with Gasteiger partial charge in [-0.05, 0) is 24.6 Å². The lowest BCUT2D eigenvalue weighted by molar-refractivity contribution is -0.138. The number of benzene rings is 1. The van der Waals surface area contributed by atoms with Gasteiger partial charge in [-0.1, -0.05) is 6.92 Å².